The van der Waals surface area contributed by atoms with Gasteiger partial charge in [0.1, 0.15) is 18.3 Å². The van der Waals surface area contributed by atoms with Crippen LogP contribution >= 0.6 is 0 Å². The highest BCUT2D eigenvalue weighted by Crippen LogP contribution is 2.27. The largest absolute Gasteiger partial charge is 0.497 e. The number of nitrogens with one attached hydrogen (secondary N) is 1. The first kappa shape index (κ1) is 29.2. The van der Waals surface area contributed by atoms with E-state index < -0.39 is 28.5 Å². The highest BCUT2D eigenvalue weighted by atomic mass is 32.2. The van der Waals surface area contributed by atoms with Gasteiger partial charge in [0.25, 0.3) is 0 Å². The number of para-hydroxylation sites is 1. The molecule has 0 aliphatic rings. The van der Waals surface area contributed by atoms with Gasteiger partial charge in [-0.3, -0.25) is 13.9 Å². The van der Waals surface area contributed by atoms with Crippen LogP contribution in [-0.4, -0.2) is 57.6 Å². The van der Waals surface area contributed by atoms with Crippen molar-refractivity contribution < 1.29 is 22.7 Å². The Morgan fingerprint density at radius 1 is 1.06 bits per heavy atom. The Bertz CT molecular complexity index is 1140. The standard InChI is InChI=1S/C27H39N3O5S/c1-8-24(27(32)28-16-19(2)3)29(17-22-13-10-14-23(15-22)35-6)25(31)18-30(36(7,33)34)26-20(4)11-9-12-21(26)5/h9-15,19,24H,8,16-18H2,1-7H3,(H,28,32)/t24-/m0/s1. The minimum atomic E-state index is -3.78. The van der Waals surface area contributed by atoms with Crippen molar-refractivity contribution in [3.63, 3.8) is 0 Å². The summed E-state index contributed by atoms with van der Waals surface area (Å²) in [5.41, 5.74) is 2.74. The number of carbonyl (C=O) groups is 2. The van der Waals surface area contributed by atoms with Gasteiger partial charge in [0.05, 0.1) is 19.1 Å². The number of carbonyl (C=O) groups excluding carboxylic acids is 2. The Labute approximate surface area is 215 Å². The average Bonchev–Trinajstić information content (AvgIpc) is 2.81. The van der Waals surface area contributed by atoms with Gasteiger partial charge in [-0.25, -0.2) is 8.42 Å². The van der Waals surface area contributed by atoms with Gasteiger partial charge >= 0.3 is 0 Å². The number of rotatable bonds is 12. The van der Waals surface area contributed by atoms with Crippen LogP contribution in [-0.2, 0) is 26.2 Å². The van der Waals surface area contributed by atoms with Crippen molar-refractivity contribution in [2.24, 2.45) is 5.92 Å². The highest BCUT2D eigenvalue weighted by Gasteiger charge is 2.32. The van der Waals surface area contributed by atoms with Crippen molar-refractivity contribution in [3.05, 3.63) is 59.2 Å². The lowest BCUT2D eigenvalue weighted by Crippen LogP contribution is -2.52. The fourth-order valence-electron chi connectivity index (χ4n) is 4.08. The predicted molar refractivity (Wildman–Crippen MR) is 144 cm³/mol. The topological polar surface area (TPSA) is 96.0 Å². The molecule has 8 nitrogen and oxygen atoms in total. The summed E-state index contributed by atoms with van der Waals surface area (Å²) in [5.74, 6) is 0.155. The van der Waals surface area contributed by atoms with E-state index in [1.807, 2.05) is 65.0 Å². The predicted octanol–water partition coefficient (Wildman–Crippen LogP) is 3.66. The van der Waals surface area contributed by atoms with Crippen molar-refractivity contribution in [1.29, 1.82) is 0 Å². The Morgan fingerprint density at radius 2 is 1.67 bits per heavy atom. The molecule has 0 unspecified atom stereocenters. The molecule has 9 heteroatoms. The molecule has 1 N–H and O–H groups in total. The second-order valence-electron chi connectivity index (χ2n) is 9.45. The normalized spacial score (nSPS) is 12.2. The van der Waals surface area contributed by atoms with E-state index in [1.165, 1.54) is 4.90 Å². The quantitative estimate of drug-likeness (QED) is 0.464. The van der Waals surface area contributed by atoms with E-state index in [0.717, 1.165) is 27.3 Å². The maximum Gasteiger partial charge on any atom is 0.244 e. The molecule has 2 aromatic rings. The van der Waals surface area contributed by atoms with Crippen LogP contribution in [0, 0.1) is 19.8 Å². The average molecular weight is 518 g/mol. The zero-order valence-corrected chi connectivity index (χ0v) is 23.2. The Morgan fingerprint density at radius 3 is 2.19 bits per heavy atom. The Hall–Kier alpha value is -3.07. The second kappa shape index (κ2) is 12.8. The molecular formula is C27H39N3O5S. The van der Waals surface area contributed by atoms with Crippen LogP contribution < -0.4 is 14.4 Å². The van der Waals surface area contributed by atoms with E-state index in [4.69, 9.17) is 4.74 Å². The first-order chi connectivity index (χ1) is 16.9. The maximum atomic E-state index is 13.8. The summed E-state index contributed by atoms with van der Waals surface area (Å²) >= 11 is 0. The molecule has 0 spiro atoms. The number of sulfonamides is 1. The smallest absolute Gasteiger partial charge is 0.244 e. The Balaban J connectivity index is 2.49. The molecule has 0 saturated heterocycles. The number of hydrogen-bond acceptors (Lipinski definition) is 5. The summed E-state index contributed by atoms with van der Waals surface area (Å²) in [7, 11) is -2.22. The van der Waals surface area contributed by atoms with Crippen LogP contribution in [0.2, 0.25) is 0 Å². The lowest BCUT2D eigenvalue weighted by molar-refractivity contribution is -0.140. The van der Waals surface area contributed by atoms with E-state index in [9.17, 15) is 18.0 Å². The SMILES string of the molecule is CC[C@@H](C(=O)NCC(C)C)N(Cc1cccc(OC)c1)C(=O)CN(c1c(C)cccc1C)S(C)(=O)=O. The van der Waals surface area contributed by atoms with Crippen molar-refractivity contribution >= 4 is 27.5 Å². The number of amides is 2. The number of nitrogens with zero attached hydrogens (tertiary/aromatic N) is 2. The summed E-state index contributed by atoms with van der Waals surface area (Å²) in [6.07, 6.45) is 1.47. The summed E-state index contributed by atoms with van der Waals surface area (Å²) in [4.78, 5) is 28.4. The molecule has 0 fully saturated rings. The van der Waals surface area contributed by atoms with Gasteiger partial charge in [-0.2, -0.15) is 0 Å². The van der Waals surface area contributed by atoms with Crippen molar-refractivity contribution in [2.75, 3.05) is 30.8 Å². The van der Waals surface area contributed by atoms with Crippen LogP contribution in [0.5, 0.6) is 5.75 Å². The third-order valence-corrected chi connectivity index (χ3v) is 7.04. The monoisotopic (exact) mass is 517 g/mol. The number of anilines is 1. The third kappa shape index (κ3) is 7.71. The van der Waals surface area contributed by atoms with Crippen LogP contribution in [0.1, 0.15) is 43.9 Å². The van der Waals surface area contributed by atoms with Crippen molar-refractivity contribution in [1.82, 2.24) is 10.2 Å². The second-order valence-corrected chi connectivity index (χ2v) is 11.4. The van der Waals surface area contributed by atoms with Crippen molar-refractivity contribution in [3.8, 4) is 5.75 Å². The molecule has 2 amide bonds. The summed E-state index contributed by atoms with van der Waals surface area (Å²) in [6, 6.07) is 12.0. The number of methoxy groups -OCH3 is 1. The van der Waals surface area contributed by atoms with Gasteiger partial charge in [0.15, 0.2) is 0 Å². The highest BCUT2D eigenvalue weighted by molar-refractivity contribution is 7.92. The molecule has 1 atom stereocenters. The zero-order valence-electron chi connectivity index (χ0n) is 22.4. The fraction of sp³-hybridized carbons (Fsp3) is 0.481. The molecule has 0 aromatic heterocycles. The van der Waals surface area contributed by atoms with Crippen LogP contribution in [0.25, 0.3) is 0 Å². The van der Waals surface area contributed by atoms with E-state index in [0.29, 0.717) is 24.4 Å². The first-order valence-corrected chi connectivity index (χ1v) is 14.0. The van der Waals surface area contributed by atoms with Crippen LogP contribution in [0.3, 0.4) is 0 Å². The van der Waals surface area contributed by atoms with Gasteiger partial charge in [-0.1, -0.05) is 51.1 Å². The molecular weight excluding hydrogens is 478 g/mol. The molecule has 2 rings (SSSR count). The van der Waals surface area contributed by atoms with E-state index >= 15 is 0 Å². The molecule has 0 radical (unpaired) electrons. The lowest BCUT2D eigenvalue weighted by atomic mass is 10.1. The zero-order chi connectivity index (χ0) is 27.0. The van der Waals surface area contributed by atoms with E-state index in [1.54, 1.807) is 19.2 Å². The van der Waals surface area contributed by atoms with Crippen LogP contribution in [0.15, 0.2) is 42.5 Å². The molecule has 0 aliphatic carbocycles. The van der Waals surface area contributed by atoms with Gasteiger partial charge in [-0.15, -0.1) is 0 Å². The molecule has 0 saturated carbocycles. The minimum absolute atomic E-state index is 0.133. The van der Waals surface area contributed by atoms with E-state index in [-0.39, 0.29) is 18.4 Å². The third-order valence-electron chi connectivity index (χ3n) is 5.93. The summed E-state index contributed by atoms with van der Waals surface area (Å²) in [6.45, 7) is 9.65. The van der Waals surface area contributed by atoms with Gasteiger partial charge in [0, 0.05) is 13.1 Å². The number of aryl methyl sites for hydroxylation is 2. The van der Waals surface area contributed by atoms with Crippen molar-refractivity contribution in [2.45, 2.75) is 53.6 Å². The number of ether oxygens (including phenoxy) is 1. The summed E-state index contributed by atoms with van der Waals surface area (Å²) < 4.78 is 32.1. The number of benzene rings is 2. The fourth-order valence-corrected chi connectivity index (χ4v) is 5.05. The van der Waals surface area contributed by atoms with E-state index in [2.05, 4.69) is 5.32 Å². The van der Waals surface area contributed by atoms with Gasteiger partial charge < -0.3 is 15.0 Å². The molecule has 0 aliphatic heterocycles. The van der Waals surface area contributed by atoms with Gasteiger partial charge in [0.2, 0.25) is 21.8 Å². The maximum absolute atomic E-state index is 13.8. The molecule has 2 aromatic carbocycles. The van der Waals surface area contributed by atoms with Crippen LogP contribution in [0.4, 0.5) is 5.69 Å². The van der Waals surface area contributed by atoms with Gasteiger partial charge in [-0.05, 0) is 55.0 Å². The molecule has 0 bridgehead atoms. The molecule has 198 valence electrons. The molecule has 36 heavy (non-hydrogen) atoms. The molecule has 0 heterocycles. The Kier molecular flexibility index (Phi) is 10.3. The minimum Gasteiger partial charge on any atom is -0.497 e. The summed E-state index contributed by atoms with van der Waals surface area (Å²) in [5, 5.41) is 2.92. The number of hydrogen-bond donors (Lipinski definition) is 1. The lowest BCUT2D eigenvalue weighted by Gasteiger charge is -2.33. The first-order valence-electron chi connectivity index (χ1n) is 12.1.